The van der Waals surface area contributed by atoms with Gasteiger partial charge in [-0.2, -0.15) is 11.8 Å². The number of amides is 2. The molecule has 2 amide bonds. The smallest absolute Gasteiger partial charge is 0.319 e. The molecule has 2 saturated heterocycles. The van der Waals surface area contributed by atoms with Crippen LogP contribution in [0.2, 0.25) is 5.02 Å². The predicted molar refractivity (Wildman–Crippen MR) is 87.1 cm³/mol. The molecule has 6 heteroatoms. The lowest BCUT2D eigenvalue weighted by molar-refractivity contribution is 0.0984. The number of nitrogens with one attached hydrogen (secondary N) is 2. The summed E-state index contributed by atoms with van der Waals surface area (Å²) in [7, 11) is 0. The molecule has 114 valence electrons. The molecule has 0 aromatic heterocycles. The first-order chi connectivity index (χ1) is 10.2. The second kappa shape index (κ2) is 6.46. The molecule has 0 spiro atoms. The molecule has 2 aliphatic rings. The lowest BCUT2D eigenvalue weighted by Gasteiger charge is -2.20. The third-order valence-corrected chi connectivity index (χ3v) is 4.96. The number of carbonyl (C=O) groups is 1. The van der Waals surface area contributed by atoms with Crippen LogP contribution in [0, 0.1) is 0 Å². The van der Waals surface area contributed by atoms with Crippen molar-refractivity contribution in [3.63, 3.8) is 0 Å². The maximum atomic E-state index is 12.1. The summed E-state index contributed by atoms with van der Waals surface area (Å²) in [4.78, 5) is 12.1. The first kappa shape index (κ1) is 15.0. The zero-order valence-electron chi connectivity index (χ0n) is 11.9. The monoisotopic (exact) mass is 326 g/mol. The van der Waals surface area contributed by atoms with Crippen molar-refractivity contribution in [1.82, 2.24) is 5.32 Å². The minimum absolute atomic E-state index is 0.122. The highest BCUT2D eigenvalue weighted by Gasteiger charge is 2.41. The zero-order valence-corrected chi connectivity index (χ0v) is 13.5. The number of benzene rings is 1. The summed E-state index contributed by atoms with van der Waals surface area (Å²) in [5.41, 5.74) is 1.80. The first-order valence-electron chi connectivity index (χ1n) is 7.16. The van der Waals surface area contributed by atoms with Gasteiger partial charge in [-0.15, -0.1) is 0 Å². The summed E-state index contributed by atoms with van der Waals surface area (Å²) in [6.07, 6.45) is 5.63. The van der Waals surface area contributed by atoms with Gasteiger partial charge in [-0.1, -0.05) is 17.7 Å². The zero-order chi connectivity index (χ0) is 14.8. The van der Waals surface area contributed by atoms with E-state index in [1.165, 1.54) is 0 Å². The van der Waals surface area contributed by atoms with Gasteiger partial charge in [0.2, 0.25) is 0 Å². The molecule has 4 nitrogen and oxygen atoms in total. The molecule has 1 aromatic carbocycles. The number of hydrogen-bond acceptors (Lipinski definition) is 3. The molecule has 21 heavy (non-hydrogen) atoms. The molecule has 3 rings (SSSR count). The number of ether oxygens (including phenoxy) is 1. The molecule has 3 atom stereocenters. The van der Waals surface area contributed by atoms with E-state index in [0.717, 1.165) is 30.6 Å². The summed E-state index contributed by atoms with van der Waals surface area (Å²) in [6, 6.07) is 5.64. The van der Waals surface area contributed by atoms with Crippen molar-refractivity contribution in [2.45, 2.75) is 43.3 Å². The second-order valence-electron chi connectivity index (χ2n) is 5.56. The van der Waals surface area contributed by atoms with Crippen LogP contribution in [0.25, 0.3) is 0 Å². The Bertz CT molecular complexity index is 540. The standard InChI is InChI=1S/C15H19ClN2O2S/c1-21-8-9-2-4-11(16)12(6-9)17-15(19)18-13-7-10-3-5-14(13)20-10/h2,4,6,10,13-14H,3,5,7-8H2,1H3,(H2,17,18,19)/t10-,13+,14-/m1/s1. The Morgan fingerprint density at radius 3 is 3.00 bits per heavy atom. The molecule has 2 fully saturated rings. The maximum Gasteiger partial charge on any atom is 0.319 e. The van der Waals surface area contributed by atoms with Crippen LogP contribution < -0.4 is 10.6 Å². The van der Waals surface area contributed by atoms with Crippen LogP contribution in [0.15, 0.2) is 18.2 Å². The molecule has 0 saturated carbocycles. The van der Waals surface area contributed by atoms with Gasteiger partial charge in [-0.25, -0.2) is 4.79 Å². The Morgan fingerprint density at radius 1 is 1.48 bits per heavy atom. The highest BCUT2D eigenvalue weighted by atomic mass is 35.5. The van der Waals surface area contributed by atoms with Crippen molar-refractivity contribution in [3.8, 4) is 0 Å². The number of anilines is 1. The van der Waals surface area contributed by atoms with Gasteiger partial charge in [0.05, 0.1) is 29.0 Å². The highest BCUT2D eigenvalue weighted by Crippen LogP contribution is 2.34. The highest BCUT2D eigenvalue weighted by molar-refractivity contribution is 7.97. The van der Waals surface area contributed by atoms with Crippen LogP contribution in [0.3, 0.4) is 0 Å². The first-order valence-corrected chi connectivity index (χ1v) is 8.93. The third kappa shape index (κ3) is 3.47. The van der Waals surface area contributed by atoms with Gasteiger partial charge in [-0.05, 0) is 43.2 Å². The molecule has 0 unspecified atom stereocenters. The molecule has 2 heterocycles. The average molecular weight is 327 g/mol. The summed E-state index contributed by atoms with van der Waals surface area (Å²) in [6.45, 7) is 0. The van der Waals surface area contributed by atoms with Crippen LogP contribution in [0.1, 0.15) is 24.8 Å². The summed E-state index contributed by atoms with van der Waals surface area (Å²) >= 11 is 7.88. The minimum atomic E-state index is -0.209. The lowest BCUT2D eigenvalue weighted by Crippen LogP contribution is -2.43. The quantitative estimate of drug-likeness (QED) is 0.888. The van der Waals surface area contributed by atoms with Gasteiger partial charge in [0.1, 0.15) is 0 Å². The number of halogens is 1. The van der Waals surface area contributed by atoms with Crippen LogP contribution in [0.5, 0.6) is 0 Å². The Kier molecular flexibility index (Phi) is 4.62. The largest absolute Gasteiger partial charge is 0.373 e. The van der Waals surface area contributed by atoms with Gasteiger partial charge in [-0.3, -0.25) is 0 Å². The number of rotatable bonds is 4. The second-order valence-corrected chi connectivity index (χ2v) is 6.83. The van der Waals surface area contributed by atoms with Crippen LogP contribution in [-0.4, -0.2) is 30.5 Å². The van der Waals surface area contributed by atoms with Gasteiger partial charge < -0.3 is 15.4 Å². The molecule has 1 aromatic rings. The predicted octanol–water partition coefficient (Wildman–Crippen LogP) is 3.64. The van der Waals surface area contributed by atoms with Crippen molar-refractivity contribution in [2.75, 3.05) is 11.6 Å². The fraction of sp³-hybridized carbons (Fsp3) is 0.533. The van der Waals surface area contributed by atoms with Gasteiger partial charge >= 0.3 is 6.03 Å². The number of hydrogen-bond donors (Lipinski definition) is 2. The maximum absolute atomic E-state index is 12.1. The van der Waals surface area contributed by atoms with E-state index in [-0.39, 0.29) is 18.2 Å². The Balaban J connectivity index is 1.60. The van der Waals surface area contributed by atoms with Crippen molar-refractivity contribution in [1.29, 1.82) is 0 Å². The summed E-state index contributed by atoms with van der Waals surface area (Å²) < 4.78 is 5.74. The van der Waals surface area contributed by atoms with E-state index < -0.39 is 0 Å². The third-order valence-electron chi connectivity index (χ3n) is 4.01. The number of carbonyl (C=O) groups excluding carboxylic acids is 1. The van der Waals surface area contributed by atoms with Crippen molar-refractivity contribution >= 4 is 35.1 Å². The van der Waals surface area contributed by atoms with E-state index >= 15 is 0 Å². The fourth-order valence-electron chi connectivity index (χ4n) is 3.04. The number of fused-ring (bicyclic) bond motifs is 2. The Morgan fingerprint density at radius 2 is 2.33 bits per heavy atom. The fourth-order valence-corrected chi connectivity index (χ4v) is 3.72. The lowest BCUT2D eigenvalue weighted by atomic mass is 9.96. The average Bonchev–Trinajstić information content (AvgIpc) is 3.05. The van der Waals surface area contributed by atoms with E-state index in [1.54, 1.807) is 11.8 Å². The van der Waals surface area contributed by atoms with E-state index in [9.17, 15) is 4.79 Å². The topological polar surface area (TPSA) is 50.4 Å². The number of urea groups is 1. The van der Waals surface area contributed by atoms with Gasteiger partial charge in [0.25, 0.3) is 0 Å². The minimum Gasteiger partial charge on any atom is -0.373 e. The molecular weight excluding hydrogens is 308 g/mol. The van der Waals surface area contributed by atoms with E-state index in [4.69, 9.17) is 16.3 Å². The van der Waals surface area contributed by atoms with Crippen molar-refractivity contribution < 1.29 is 9.53 Å². The van der Waals surface area contributed by atoms with Crippen LogP contribution in [0.4, 0.5) is 10.5 Å². The van der Waals surface area contributed by atoms with E-state index in [2.05, 4.69) is 10.6 Å². The van der Waals surface area contributed by atoms with Crippen molar-refractivity contribution in [2.24, 2.45) is 0 Å². The molecule has 2 aliphatic heterocycles. The Hall–Kier alpha value is -0.910. The molecular formula is C15H19ClN2O2S. The van der Waals surface area contributed by atoms with Crippen molar-refractivity contribution in [3.05, 3.63) is 28.8 Å². The van der Waals surface area contributed by atoms with E-state index in [0.29, 0.717) is 16.8 Å². The SMILES string of the molecule is CSCc1ccc(Cl)c(NC(=O)N[C@H]2C[C@H]3CC[C@H]2O3)c1. The molecule has 2 N–H and O–H groups in total. The molecule has 0 radical (unpaired) electrons. The summed E-state index contributed by atoms with van der Waals surface area (Å²) in [5.74, 6) is 0.897. The molecule has 2 bridgehead atoms. The van der Waals surface area contributed by atoms with E-state index in [1.807, 2.05) is 24.5 Å². The molecule has 0 aliphatic carbocycles. The van der Waals surface area contributed by atoms with Gasteiger partial charge in [0, 0.05) is 5.75 Å². The normalized spacial score (nSPS) is 26.9. The van der Waals surface area contributed by atoms with Gasteiger partial charge in [0.15, 0.2) is 0 Å². The summed E-state index contributed by atoms with van der Waals surface area (Å²) in [5, 5.41) is 6.40. The van der Waals surface area contributed by atoms with Crippen LogP contribution >= 0.6 is 23.4 Å². The van der Waals surface area contributed by atoms with Crippen LogP contribution in [-0.2, 0) is 10.5 Å². The number of thioether (sulfide) groups is 1. The Labute approximate surface area is 134 Å².